The van der Waals surface area contributed by atoms with Crippen LogP contribution in [-0.2, 0) is 8.85 Å². The van der Waals surface area contributed by atoms with Gasteiger partial charge in [0.15, 0.2) is 8.32 Å². The summed E-state index contributed by atoms with van der Waals surface area (Å²) in [5.74, 6) is 4.36. The highest BCUT2D eigenvalue weighted by molar-refractivity contribution is 6.70. The van der Waals surface area contributed by atoms with Gasteiger partial charge in [-0.3, -0.25) is 0 Å². The Morgan fingerprint density at radius 1 is 0.862 bits per heavy atom. The van der Waals surface area contributed by atoms with Crippen molar-refractivity contribution in [2.45, 2.75) is 97.8 Å². The largest absolute Gasteiger partial charge is 0.545 e. The van der Waals surface area contributed by atoms with Crippen LogP contribution >= 0.6 is 0 Å². The Morgan fingerprint density at radius 3 is 2.24 bits per heavy atom. The molecule has 4 heteroatoms. The van der Waals surface area contributed by atoms with Crippen molar-refractivity contribution in [1.82, 2.24) is 0 Å². The fourth-order valence-electron chi connectivity index (χ4n) is 7.44. The van der Waals surface area contributed by atoms with Gasteiger partial charge in [0.05, 0.1) is 11.9 Å². The first kappa shape index (κ1) is 21.9. The lowest BCUT2D eigenvalue weighted by atomic mass is 9.47. The van der Waals surface area contributed by atoms with Gasteiger partial charge in [-0.1, -0.05) is 19.9 Å². The summed E-state index contributed by atoms with van der Waals surface area (Å²) in [6.45, 7) is 19.1. The van der Waals surface area contributed by atoms with Gasteiger partial charge in [0.2, 0.25) is 8.32 Å². The Bertz CT molecular complexity index is 701. The van der Waals surface area contributed by atoms with Gasteiger partial charge in [-0.2, -0.15) is 0 Å². The quantitative estimate of drug-likeness (QED) is 0.432. The van der Waals surface area contributed by atoms with E-state index in [9.17, 15) is 0 Å². The first-order chi connectivity index (χ1) is 13.3. The third-order valence-electron chi connectivity index (χ3n) is 8.65. The van der Waals surface area contributed by atoms with Crippen LogP contribution < -0.4 is 0 Å². The molecule has 3 saturated carbocycles. The molecule has 3 fully saturated rings. The first-order valence-electron chi connectivity index (χ1n) is 12.1. The van der Waals surface area contributed by atoms with Crippen molar-refractivity contribution in [1.29, 1.82) is 0 Å². The molecule has 0 aliphatic heterocycles. The lowest BCUT2D eigenvalue weighted by molar-refractivity contribution is -0.0819. The maximum atomic E-state index is 6.75. The zero-order chi connectivity index (χ0) is 21.2. The monoisotopic (exact) mass is 432 g/mol. The van der Waals surface area contributed by atoms with E-state index < -0.39 is 16.6 Å². The molecule has 0 bridgehead atoms. The summed E-state index contributed by atoms with van der Waals surface area (Å²) in [4.78, 5) is 0. The van der Waals surface area contributed by atoms with Gasteiger partial charge < -0.3 is 8.85 Å². The number of allylic oxidation sites excluding steroid dienone is 3. The predicted octanol–water partition coefficient (Wildman–Crippen LogP) is 7.37. The van der Waals surface area contributed by atoms with Crippen LogP contribution in [0.4, 0.5) is 0 Å². The maximum absolute atomic E-state index is 6.75. The maximum Gasteiger partial charge on any atom is 0.242 e. The number of hydrogen-bond donors (Lipinski definition) is 0. The fraction of sp³-hybridized carbons (Fsp3) is 0.840. The topological polar surface area (TPSA) is 18.5 Å². The zero-order valence-electron chi connectivity index (χ0n) is 20.2. The molecule has 4 rings (SSSR count). The molecule has 0 saturated heterocycles. The van der Waals surface area contributed by atoms with Gasteiger partial charge in [-0.15, -0.1) is 0 Å². The molecule has 164 valence electrons. The standard InChI is InChI=1S/C25H44O2Si2/c1-24-15-13-19(26-28(3,4)5)17-18(24)9-10-20-21-11-12-23(27-29(6,7)8)25(21,2)16-14-22(20)24/h13,15,17-18,20-23H,9-12,14,16H2,1-8H3/t18-,20?,21?,22?,23+,24+,25+/m1/s1. The van der Waals surface area contributed by atoms with E-state index in [-0.39, 0.29) is 0 Å². The van der Waals surface area contributed by atoms with E-state index in [2.05, 4.69) is 71.4 Å². The molecule has 0 aromatic heterocycles. The fourth-order valence-corrected chi connectivity index (χ4v) is 9.52. The number of hydrogen-bond acceptors (Lipinski definition) is 2. The van der Waals surface area contributed by atoms with E-state index >= 15 is 0 Å². The first-order valence-corrected chi connectivity index (χ1v) is 18.9. The van der Waals surface area contributed by atoms with E-state index in [1.165, 1.54) is 38.5 Å². The molecular formula is C25H44O2Si2. The summed E-state index contributed by atoms with van der Waals surface area (Å²) in [5.41, 5.74) is 0.721. The van der Waals surface area contributed by atoms with Gasteiger partial charge in [-0.25, -0.2) is 0 Å². The molecule has 0 radical (unpaired) electrons. The van der Waals surface area contributed by atoms with E-state index in [1.807, 2.05) is 0 Å². The average Bonchev–Trinajstić information content (AvgIpc) is 2.89. The Labute approximate surface area is 181 Å². The normalized spacial score (nSPS) is 44.6. The van der Waals surface area contributed by atoms with Gasteiger partial charge in [-0.05, 0) is 124 Å². The summed E-state index contributed by atoms with van der Waals surface area (Å²) in [5, 5.41) is 0. The number of rotatable bonds is 4. The van der Waals surface area contributed by atoms with Crippen LogP contribution in [0.3, 0.4) is 0 Å². The minimum absolute atomic E-state index is 0.314. The third-order valence-corrected chi connectivity index (χ3v) is 10.5. The van der Waals surface area contributed by atoms with Gasteiger partial charge in [0, 0.05) is 0 Å². The summed E-state index contributed by atoms with van der Waals surface area (Å²) >= 11 is 0. The van der Waals surface area contributed by atoms with Gasteiger partial charge >= 0.3 is 0 Å². The summed E-state index contributed by atoms with van der Waals surface area (Å²) < 4.78 is 13.1. The molecule has 4 aliphatic carbocycles. The van der Waals surface area contributed by atoms with Crippen molar-refractivity contribution in [2.24, 2.45) is 34.5 Å². The molecule has 0 N–H and O–H groups in total. The second-order valence-electron chi connectivity index (χ2n) is 12.9. The van der Waals surface area contributed by atoms with Gasteiger partial charge in [0.25, 0.3) is 0 Å². The predicted molar refractivity (Wildman–Crippen MR) is 128 cm³/mol. The molecule has 7 atom stereocenters. The molecule has 29 heavy (non-hydrogen) atoms. The Balaban J connectivity index is 1.54. The van der Waals surface area contributed by atoms with Crippen molar-refractivity contribution in [3.8, 4) is 0 Å². The molecule has 2 nitrogen and oxygen atoms in total. The molecule has 4 aliphatic rings. The molecule has 0 aromatic carbocycles. The van der Waals surface area contributed by atoms with Gasteiger partial charge in [0.1, 0.15) is 0 Å². The summed E-state index contributed by atoms with van der Waals surface area (Å²) in [6.07, 6.45) is 16.0. The molecule has 0 spiro atoms. The lowest BCUT2D eigenvalue weighted by Gasteiger charge is -2.58. The van der Waals surface area contributed by atoms with Crippen molar-refractivity contribution in [3.05, 3.63) is 24.0 Å². The van der Waals surface area contributed by atoms with E-state index in [4.69, 9.17) is 8.85 Å². The lowest BCUT2D eigenvalue weighted by Crippen LogP contribution is -2.53. The second-order valence-corrected chi connectivity index (χ2v) is 21.8. The van der Waals surface area contributed by atoms with Crippen molar-refractivity contribution in [3.63, 3.8) is 0 Å². The van der Waals surface area contributed by atoms with Crippen LogP contribution in [0.15, 0.2) is 24.0 Å². The van der Waals surface area contributed by atoms with Crippen molar-refractivity contribution < 1.29 is 8.85 Å². The molecule has 0 heterocycles. The van der Waals surface area contributed by atoms with Crippen molar-refractivity contribution >= 4 is 16.6 Å². The minimum atomic E-state index is -1.55. The Kier molecular flexibility index (Phi) is 5.36. The van der Waals surface area contributed by atoms with Crippen molar-refractivity contribution in [2.75, 3.05) is 0 Å². The van der Waals surface area contributed by atoms with Crippen LogP contribution in [0.2, 0.25) is 39.3 Å². The molecular weight excluding hydrogens is 388 g/mol. The van der Waals surface area contributed by atoms with Crippen LogP contribution in [0.5, 0.6) is 0 Å². The van der Waals surface area contributed by atoms with Crippen LogP contribution in [0, 0.1) is 34.5 Å². The van der Waals surface area contributed by atoms with Crippen LogP contribution in [0.25, 0.3) is 0 Å². The second kappa shape index (κ2) is 7.10. The van der Waals surface area contributed by atoms with Crippen LogP contribution in [0.1, 0.15) is 52.4 Å². The SMILES string of the molecule is C[C@]12CCC3C(CC[C@@H]4C=C(O[Si](C)(C)C)C=C[C@]34C)C1CC[C@@H]2O[Si](C)(C)C. The molecule has 0 aromatic rings. The highest BCUT2D eigenvalue weighted by Gasteiger charge is 2.59. The average molecular weight is 433 g/mol. The highest BCUT2D eigenvalue weighted by atomic mass is 28.4. The summed E-state index contributed by atoms with van der Waals surface area (Å²) in [6, 6.07) is 0. The third kappa shape index (κ3) is 3.98. The summed E-state index contributed by atoms with van der Waals surface area (Å²) in [7, 11) is -3.03. The molecule has 3 unspecified atom stereocenters. The Morgan fingerprint density at radius 2 is 1.59 bits per heavy atom. The van der Waals surface area contributed by atoms with E-state index in [1.54, 1.807) is 0 Å². The zero-order valence-corrected chi connectivity index (χ0v) is 22.2. The highest BCUT2D eigenvalue weighted by Crippen LogP contribution is 2.65. The van der Waals surface area contributed by atoms with E-state index in [0.29, 0.717) is 22.9 Å². The minimum Gasteiger partial charge on any atom is -0.545 e. The van der Waals surface area contributed by atoms with E-state index in [0.717, 1.165) is 23.5 Å². The Hall–Kier alpha value is -0.326. The van der Waals surface area contributed by atoms with Crippen LogP contribution in [-0.4, -0.2) is 22.7 Å². The molecule has 0 amide bonds. The number of fused-ring (bicyclic) bond motifs is 5. The smallest absolute Gasteiger partial charge is 0.242 e.